The van der Waals surface area contributed by atoms with Crippen LogP contribution >= 0.6 is 0 Å². The van der Waals surface area contributed by atoms with Crippen molar-refractivity contribution in [2.75, 3.05) is 31.6 Å². The monoisotopic (exact) mass is 411 g/mol. The largest absolute Gasteiger partial charge is 0.357 e. The van der Waals surface area contributed by atoms with E-state index in [-0.39, 0.29) is 0 Å². The Kier molecular flexibility index (Phi) is 7.71. The summed E-state index contributed by atoms with van der Waals surface area (Å²) in [6.07, 6.45) is 7.87. The van der Waals surface area contributed by atoms with Crippen LogP contribution in [-0.2, 0) is 20.1 Å². The van der Waals surface area contributed by atoms with Crippen molar-refractivity contribution in [2.45, 2.75) is 59.0 Å². The van der Waals surface area contributed by atoms with Gasteiger partial charge in [-0.05, 0) is 49.8 Å². The van der Waals surface area contributed by atoms with Crippen molar-refractivity contribution in [1.29, 1.82) is 0 Å². The highest BCUT2D eigenvalue weighted by molar-refractivity contribution is 5.79. The van der Waals surface area contributed by atoms with Crippen molar-refractivity contribution < 1.29 is 0 Å². The van der Waals surface area contributed by atoms with Gasteiger partial charge >= 0.3 is 0 Å². The van der Waals surface area contributed by atoms with Crippen LogP contribution in [0.25, 0.3) is 0 Å². The lowest BCUT2D eigenvalue weighted by Crippen LogP contribution is -2.38. The van der Waals surface area contributed by atoms with Gasteiger partial charge in [0.2, 0.25) is 0 Å². The molecule has 0 saturated carbocycles. The number of nitrogens with one attached hydrogen (secondary N) is 1. The Bertz CT molecular complexity index is 834. The summed E-state index contributed by atoms with van der Waals surface area (Å²) >= 11 is 0. The Hall–Kier alpha value is -2.57. The number of rotatable bonds is 7. The van der Waals surface area contributed by atoms with Crippen LogP contribution < -0.4 is 10.2 Å². The predicted octanol–water partition coefficient (Wildman–Crippen LogP) is 3.53. The number of nitrogens with zero attached hydrogens (tertiary/aromatic N) is 6. The van der Waals surface area contributed by atoms with E-state index in [9.17, 15) is 0 Å². The molecular weight excluding hydrogens is 374 g/mol. The minimum Gasteiger partial charge on any atom is -0.357 e. The summed E-state index contributed by atoms with van der Waals surface area (Å²) in [7, 11) is 4.07. The Morgan fingerprint density at radius 3 is 2.73 bits per heavy atom. The molecule has 0 aliphatic carbocycles. The molecule has 0 bridgehead atoms. The van der Waals surface area contributed by atoms with Gasteiger partial charge in [0, 0.05) is 58.2 Å². The van der Waals surface area contributed by atoms with Gasteiger partial charge in [0.15, 0.2) is 5.96 Å². The first-order valence-electron chi connectivity index (χ1n) is 11.2. The number of aliphatic imine (C=N–C) groups is 1. The van der Waals surface area contributed by atoms with E-state index in [1.54, 1.807) is 0 Å². The van der Waals surface area contributed by atoms with E-state index in [4.69, 9.17) is 4.99 Å². The topological polar surface area (TPSA) is 61.6 Å². The second-order valence-electron chi connectivity index (χ2n) is 8.46. The van der Waals surface area contributed by atoms with Gasteiger partial charge < -0.3 is 15.1 Å². The lowest BCUT2D eigenvalue weighted by molar-refractivity contribution is 0.473. The van der Waals surface area contributed by atoms with Crippen LogP contribution in [0.3, 0.4) is 0 Å². The number of anilines is 1. The molecule has 0 aromatic carbocycles. The maximum atomic E-state index is 4.91. The Balaban J connectivity index is 1.71. The number of hydrogen-bond acceptors (Lipinski definition) is 4. The first-order valence-corrected chi connectivity index (χ1v) is 11.2. The van der Waals surface area contributed by atoms with E-state index in [2.05, 4.69) is 71.3 Å². The van der Waals surface area contributed by atoms with Crippen LogP contribution in [0.2, 0.25) is 0 Å². The molecule has 1 fully saturated rings. The van der Waals surface area contributed by atoms with Crippen LogP contribution in [0.1, 0.15) is 62.8 Å². The standard InChI is InChI=1S/C23H37N7/c1-6-24-23(28(4)16-20-17-29(5)27-22(20)18(2)3)26-15-19-10-11-25-21(14-19)30-12-8-7-9-13-30/h10-11,14,17-18H,6-9,12-13,15-16H2,1-5H3,(H,24,26). The van der Waals surface area contributed by atoms with Crippen molar-refractivity contribution in [3.05, 3.63) is 41.3 Å². The van der Waals surface area contributed by atoms with Gasteiger partial charge in [-0.1, -0.05) is 13.8 Å². The van der Waals surface area contributed by atoms with E-state index >= 15 is 0 Å². The molecule has 30 heavy (non-hydrogen) atoms. The fourth-order valence-corrected chi connectivity index (χ4v) is 3.98. The van der Waals surface area contributed by atoms with E-state index in [0.717, 1.165) is 43.7 Å². The van der Waals surface area contributed by atoms with Crippen LogP contribution in [0.5, 0.6) is 0 Å². The summed E-state index contributed by atoms with van der Waals surface area (Å²) in [5, 5.41) is 8.06. The Morgan fingerprint density at radius 1 is 1.27 bits per heavy atom. The van der Waals surface area contributed by atoms with Crippen molar-refractivity contribution in [3.63, 3.8) is 0 Å². The fourth-order valence-electron chi connectivity index (χ4n) is 3.98. The van der Waals surface area contributed by atoms with Gasteiger partial charge in [-0.25, -0.2) is 9.98 Å². The molecule has 164 valence electrons. The summed E-state index contributed by atoms with van der Waals surface area (Å²) in [4.78, 5) is 14.1. The Morgan fingerprint density at radius 2 is 2.03 bits per heavy atom. The SMILES string of the molecule is CCNC(=NCc1ccnc(N2CCCCC2)c1)N(C)Cc1cn(C)nc1C(C)C. The maximum Gasteiger partial charge on any atom is 0.194 e. The van der Waals surface area contributed by atoms with E-state index in [0.29, 0.717) is 12.5 Å². The molecule has 3 heterocycles. The molecule has 0 unspecified atom stereocenters. The molecule has 2 aromatic heterocycles. The molecule has 7 heteroatoms. The van der Waals surface area contributed by atoms with E-state index in [1.807, 2.05) is 17.9 Å². The third kappa shape index (κ3) is 5.74. The number of guanidine groups is 1. The van der Waals surface area contributed by atoms with Crippen LogP contribution in [-0.4, -0.2) is 52.3 Å². The normalized spacial score (nSPS) is 15.0. The van der Waals surface area contributed by atoms with Gasteiger partial charge in [-0.15, -0.1) is 0 Å². The molecule has 0 radical (unpaired) electrons. The van der Waals surface area contributed by atoms with Gasteiger partial charge in [-0.3, -0.25) is 4.68 Å². The van der Waals surface area contributed by atoms with E-state index in [1.165, 1.54) is 30.4 Å². The van der Waals surface area contributed by atoms with Gasteiger partial charge in [0.05, 0.1) is 12.2 Å². The highest BCUT2D eigenvalue weighted by Crippen LogP contribution is 2.20. The van der Waals surface area contributed by atoms with E-state index < -0.39 is 0 Å². The number of hydrogen-bond donors (Lipinski definition) is 1. The van der Waals surface area contributed by atoms with Gasteiger partial charge in [0.1, 0.15) is 5.82 Å². The molecule has 1 N–H and O–H groups in total. The molecule has 2 aromatic rings. The molecular formula is C23H37N7. The minimum atomic E-state index is 0.402. The number of piperidine rings is 1. The van der Waals surface area contributed by atoms with Crippen LogP contribution in [0.4, 0.5) is 5.82 Å². The molecule has 1 aliphatic heterocycles. The smallest absolute Gasteiger partial charge is 0.194 e. The minimum absolute atomic E-state index is 0.402. The zero-order valence-corrected chi connectivity index (χ0v) is 19.2. The summed E-state index contributed by atoms with van der Waals surface area (Å²) < 4.78 is 1.90. The third-order valence-corrected chi connectivity index (χ3v) is 5.49. The molecule has 0 amide bonds. The molecule has 7 nitrogen and oxygen atoms in total. The van der Waals surface area contributed by atoms with Crippen molar-refractivity contribution >= 4 is 11.8 Å². The average Bonchev–Trinajstić information content (AvgIpc) is 3.12. The first-order chi connectivity index (χ1) is 14.5. The molecule has 1 aliphatic rings. The lowest BCUT2D eigenvalue weighted by atomic mass is 10.1. The zero-order valence-electron chi connectivity index (χ0n) is 19.2. The first kappa shape index (κ1) is 22.1. The average molecular weight is 412 g/mol. The highest BCUT2D eigenvalue weighted by Gasteiger charge is 2.16. The second kappa shape index (κ2) is 10.5. The maximum absolute atomic E-state index is 4.91. The number of aryl methyl sites for hydroxylation is 1. The van der Waals surface area contributed by atoms with Crippen molar-refractivity contribution in [2.24, 2.45) is 12.0 Å². The summed E-state index contributed by atoms with van der Waals surface area (Å²) in [6.45, 7) is 10.9. The summed E-state index contributed by atoms with van der Waals surface area (Å²) in [5.41, 5.74) is 3.59. The summed E-state index contributed by atoms with van der Waals surface area (Å²) in [6, 6.07) is 4.26. The molecule has 0 spiro atoms. The van der Waals surface area contributed by atoms with Crippen LogP contribution in [0.15, 0.2) is 29.5 Å². The molecule has 0 atom stereocenters. The quantitative estimate of drug-likeness (QED) is 0.558. The predicted molar refractivity (Wildman–Crippen MR) is 124 cm³/mol. The highest BCUT2D eigenvalue weighted by atomic mass is 15.3. The van der Waals surface area contributed by atoms with Crippen LogP contribution in [0, 0.1) is 0 Å². The lowest BCUT2D eigenvalue weighted by Gasteiger charge is -2.27. The molecule has 3 rings (SSSR count). The second-order valence-corrected chi connectivity index (χ2v) is 8.46. The van der Waals surface area contributed by atoms with Gasteiger partial charge in [0.25, 0.3) is 0 Å². The third-order valence-electron chi connectivity index (χ3n) is 5.49. The fraction of sp³-hybridized carbons (Fsp3) is 0.609. The van der Waals surface area contributed by atoms with Crippen molar-refractivity contribution in [3.8, 4) is 0 Å². The zero-order chi connectivity index (χ0) is 21.5. The van der Waals surface area contributed by atoms with Gasteiger partial charge in [-0.2, -0.15) is 5.10 Å². The number of aromatic nitrogens is 3. The number of pyridine rings is 1. The Labute approximate surface area is 181 Å². The summed E-state index contributed by atoms with van der Waals surface area (Å²) in [5.74, 6) is 2.39. The molecule has 1 saturated heterocycles. The van der Waals surface area contributed by atoms with Crippen molar-refractivity contribution in [1.82, 2.24) is 25.0 Å².